The predicted molar refractivity (Wildman–Crippen MR) is 79.9 cm³/mol. The molecule has 0 amide bonds. The smallest absolute Gasteiger partial charge is 0.123 e. The third-order valence-electron chi connectivity index (χ3n) is 4.07. The van der Waals surface area contributed by atoms with Crippen LogP contribution < -0.4 is 10.2 Å². The average Bonchev–Trinajstić information content (AvgIpc) is 3.28. The van der Waals surface area contributed by atoms with Crippen molar-refractivity contribution in [2.24, 2.45) is 0 Å². The van der Waals surface area contributed by atoms with E-state index in [2.05, 4.69) is 10.2 Å². The van der Waals surface area contributed by atoms with Crippen molar-refractivity contribution in [2.75, 3.05) is 24.6 Å². The number of halogens is 1. The second kappa shape index (κ2) is 6.30. The lowest BCUT2D eigenvalue weighted by Crippen LogP contribution is -2.48. The number of rotatable bonds is 5. The number of aliphatic hydroxyl groups is 1. The van der Waals surface area contributed by atoms with Gasteiger partial charge in [0.2, 0.25) is 0 Å². The number of hydrogen-bond donors (Lipinski definition) is 2. The third kappa shape index (κ3) is 3.73. The molecule has 1 aromatic carbocycles. The van der Waals surface area contributed by atoms with Crippen LogP contribution in [0.2, 0.25) is 0 Å². The summed E-state index contributed by atoms with van der Waals surface area (Å²) >= 11 is 0. The molecule has 0 radical (unpaired) electrons. The number of ether oxygens (including phenoxy) is 1. The molecule has 1 aliphatic carbocycles. The van der Waals surface area contributed by atoms with E-state index in [1.165, 1.54) is 18.9 Å². The van der Waals surface area contributed by atoms with Crippen molar-refractivity contribution in [3.8, 4) is 0 Å². The summed E-state index contributed by atoms with van der Waals surface area (Å²) in [5, 5.41) is 12.8. The molecule has 1 aromatic rings. The van der Waals surface area contributed by atoms with Gasteiger partial charge in [0.1, 0.15) is 5.82 Å². The summed E-state index contributed by atoms with van der Waals surface area (Å²) < 4.78 is 19.2. The molecule has 2 atom stereocenters. The zero-order chi connectivity index (χ0) is 14.8. The van der Waals surface area contributed by atoms with E-state index in [0.29, 0.717) is 19.1 Å². The van der Waals surface area contributed by atoms with Crippen LogP contribution >= 0.6 is 0 Å². The Morgan fingerprint density at radius 1 is 1.38 bits per heavy atom. The Morgan fingerprint density at radius 2 is 2.19 bits per heavy atom. The summed E-state index contributed by atoms with van der Waals surface area (Å²) in [4.78, 5) is 2.19. The van der Waals surface area contributed by atoms with Crippen LogP contribution in [0.3, 0.4) is 0 Å². The van der Waals surface area contributed by atoms with Crippen LogP contribution in [0.15, 0.2) is 18.2 Å². The summed E-state index contributed by atoms with van der Waals surface area (Å²) in [5.74, 6) is -0.202. The Labute approximate surface area is 124 Å². The molecule has 1 heterocycles. The predicted octanol–water partition coefficient (Wildman–Crippen LogP) is 1.66. The van der Waals surface area contributed by atoms with Crippen LogP contribution in [0.4, 0.5) is 10.1 Å². The number of nitrogens with one attached hydrogen (secondary N) is 1. The van der Waals surface area contributed by atoms with Gasteiger partial charge in [0.25, 0.3) is 0 Å². The Balaban J connectivity index is 1.78. The summed E-state index contributed by atoms with van der Waals surface area (Å²) in [5.41, 5.74) is 2.02. The highest BCUT2D eigenvalue weighted by Crippen LogP contribution is 2.27. The SMILES string of the molecule is CC1CN(c2ccc(F)cc2CNC2CC2)CC(CO)O1. The van der Waals surface area contributed by atoms with E-state index in [9.17, 15) is 9.50 Å². The molecule has 2 aliphatic rings. The van der Waals surface area contributed by atoms with Crippen LogP contribution in [-0.2, 0) is 11.3 Å². The molecule has 1 saturated heterocycles. The number of aliphatic hydroxyl groups excluding tert-OH is 1. The Bertz CT molecular complexity index is 493. The van der Waals surface area contributed by atoms with Gasteiger partial charge in [-0.1, -0.05) is 0 Å². The zero-order valence-corrected chi connectivity index (χ0v) is 12.4. The Morgan fingerprint density at radius 3 is 2.90 bits per heavy atom. The second-order valence-corrected chi connectivity index (χ2v) is 6.08. The minimum atomic E-state index is -0.202. The molecule has 1 saturated carbocycles. The van der Waals surface area contributed by atoms with E-state index in [0.717, 1.165) is 17.8 Å². The molecule has 2 N–H and O–H groups in total. The fourth-order valence-electron chi connectivity index (χ4n) is 2.89. The molecule has 0 spiro atoms. The number of morpholine rings is 1. The normalized spacial score (nSPS) is 26.1. The summed E-state index contributed by atoms with van der Waals surface area (Å²) in [6, 6.07) is 5.55. The molecule has 0 aromatic heterocycles. The van der Waals surface area contributed by atoms with E-state index in [4.69, 9.17) is 4.74 Å². The van der Waals surface area contributed by atoms with Crippen LogP contribution in [0, 0.1) is 5.82 Å². The van der Waals surface area contributed by atoms with Gasteiger partial charge >= 0.3 is 0 Å². The lowest BCUT2D eigenvalue weighted by molar-refractivity contribution is -0.0421. The number of anilines is 1. The van der Waals surface area contributed by atoms with Crippen molar-refractivity contribution in [1.29, 1.82) is 0 Å². The van der Waals surface area contributed by atoms with Gasteiger partial charge in [-0.05, 0) is 43.5 Å². The largest absolute Gasteiger partial charge is 0.394 e. The highest BCUT2D eigenvalue weighted by molar-refractivity contribution is 5.54. The highest BCUT2D eigenvalue weighted by atomic mass is 19.1. The van der Waals surface area contributed by atoms with Crippen LogP contribution in [-0.4, -0.2) is 43.1 Å². The molecule has 0 bridgehead atoms. The van der Waals surface area contributed by atoms with E-state index in [1.807, 2.05) is 13.0 Å². The first-order valence-electron chi connectivity index (χ1n) is 7.69. The maximum atomic E-state index is 13.6. The highest BCUT2D eigenvalue weighted by Gasteiger charge is 2.27. The minimum Gasteiger partial charge on any atom is -0.394 e. The van der Waals surface area contributed by atoms with Gasteiger partial charge < -0.3 is 20.1 Å². The second-order valence-electron chi connectivity index (χ2n) is 6.08. The first kappa shape index (κ1) is 14.8. The number of hydrogen-bond acceptors (Lipinski definition) is 4. The van der Waals surface area contributed by atoms with Crippen LogP contribution in [0.25, 0.3) is 0 Å². The van der Waals surface area contributed by atoms with E-state index in [-0.39, 0.29) is 24.6 Å². The topological polar surface area (TPSA) is 44.7 Å². The van der Waals surface area contributed by atoms with Gasteiger partial charge in [0.15, 0.2) is 0 Å². The number of nitrogens with zero attached hydrogens (tertiary/aromatic N) is 1. The van der Waals surface area contributed by atoms with Gasteiger partial charge in [-0.3, -0.25) is 0 Å². The molecular weight excluding hydrogens is 271 g/mol. The molecule has 2 fully saturated rings. The lowest BCUT2D eigenvalue weighted by atomic mass is 10.1. The van der Waals surface area contributed by atoms with Gasteiger partial charge in [0, 0.05) is 31.4 Å². The van der Waals surface area contributed by atoms with Crippen molar-refractivity contribution < 1.29 is 14.2 Å². The van der Waals surface area contributed by atoms with Crippen molar-refractivity contribution in [3.63, 3.8) is 0 Å². The fourth-order valence-corrected chi connectivity index (χ4v) is 2.89. The van der Waals surface area contributed by atoms with Crippen LogP contribution in [0.5, 0.6) is 0 Å². The van der Waals surface area contributed by atoms with E-state index in [1.54, 1.807) is 6.07 Å². The first-order valence-corrected chi connectivity index (χ1v) is 7.69. The van der Waals surface area contributed by atoms with Crippen LogP contribution in [0.1, 0.15) is 25.3 Å². The van der Waals surface area contributed by atoms with Gasteiger partial charge in [-0.25, -0.2) is 4.39 Å². The molecule has 2 unspecified atom stereocenters. The summed E-state index contributed by atoms with van der Waals surface area (Å²) in [6.07, 6.45) is 2.31. The Kier molecular flexibility index (Phi) is 4.42. The van der Waals surface area contributed by atoms with Crippen molar-refractivity contribution in [3.05, 3.63) is 29.6 Å². The zero-order valence-electron chi connectivity index (χ0n) is 12.4. The quantitative estimate of drug-likeness (QED) is 0.867. The molecular formula is C16H23FN2O2. The molecule has 5 heteroatoms. The minimum absolute atomic E-state index is 0.0116. The summed E-state index contributed by atoms with van der Waals surface area (Å²) in [6.45, 7) is 4.10. The Hall–Kier alpha value is -1.17. The van der Waals surface area contributed by atoms with E-state index < -0.39 is 0 Å². The summed E-state index contributed by atoms with van der Waals surface area (Å²) in [7, 11) is 0. The average molecular weight is 294 g/mol. The number of benzene rings is 1. The maximum absolute atomic E-state index is 13.6. The van der Waals surface area contributed by atoms with Crippen molar-refractivity contribution in [2.45, 2.75) is 44.6 Å². The molecule has 1 aliphatic heterocycles. The molecule has 116 valence electrons. The van der Waals surface area contributed by atoms with Crippen molar-refractivity contribution >= 4 is 5.69 Å². The van der Waals surface area contributed by atoms with Gasteiger partial charge in [-0.2, -0.15) is 0 Å². The first-order chi connectivity index (χ1) is 10.2. The van der Waals surface area contributed by atoms with E-state index >= 15 is 0 Å². The third-order valence-corrected chi connectivity index (χ3v) is 4.07. The molecule has 4 nitrogen and oxygen atoms in total. The van der Waals surface area contributed by atoms with Crippen molar-refractivity contribution in [1.82, 2.24) is 5.32 Å². The lowest BCUT2D eigenvalue weighted by Gasteiger charge is -2.38. The van der Waals surface area contributed by atoms with Gasteiger partial charge in [0.05, 0.1) is 18.8 Å². The standard InChI is InChI=1S/C16H23FN2O2/c1-11-8-19(9-15(10-20)21-11)16-5-2-13(17)6-12(16)7-18-14-3-4-14/h2,5-6,11,14-15,18,20H,3-4,7-10H2,1H3. The molecule has 3 rings (SSSR count). The van der Waals surface area contributed by atoms with Gasteiger partial charge in [-0.15, -0.1) is 0 Å². The monoisotopic (exact) mass is 294 g/mol. The maximum Gasteiger partial charge on any atom is 0.123 e. The fraction of sp³-hybridized carbons (Fsp3) is 0.625. The molecule has 21 heavy (non-hydrogen) atoms.